The zero-order valence-electron chi connectivity index (χ0n) is 30.6. The fourth-order valence-electron chi connectivity index (χ4n) is 5.86. The van der Waals surface area contributed by atoms with Crippen molar-refractivity contribution in [2.24, 2.45) is 4.52 Å². The molecule has 0 amide bonds. The number of hydrogen-bond donors (Lipinski definition) is 2. The van der Waals surface area contributed by atoms with Crippen LogP contribution in [0.3, 0.4) is 0 Å². The molecule has 12 heteroatoms. The molecule has 1 aliphatic heterocycles. The predicted molar refractivity (Wildman–Crippen MR) is 223 cm³/mol. The topological polar surface area (TPSA) is 91.8 Å². The summed E-state index contributed by atoms with van der Waals surface area (Å²) in [7, 11) is -12.1. The molecule has 0 fully saturated rings. The van der Waals surface area contributed by atoms with E-state index in [9.17, 15) is 0 Å². The van der Waals surface area contributed by atoms with E-state index in [2.05, 4.69) is 48.7 Å². The Balaban J connectivity index is 1.50. The predicted octanol–water partition coefficient (Wildman–Crippen LogP) is 12.1. The summed E-state index contributed by atoms with van der Waals surface area (Å²) in [5.41, 5.74) is 3.28. The maximum atomic E-state index is 7.12. The summed E-state index contributed by atoms with van der Waals surface area (Å²) in [6.07, 6.45) is 2.45. The van der Waals surface area contributed by atoms with Crippen LogP contribution in [0.2, 0.25) is 0 Å². The van der Waals surface area contributed by atoms with Gasteiger partial charge in [-0.1, -0.05) is 0 Å². The second-order valence-electron chi connectivity index (χ2n) is 12.6. The van der Waals surface area contributed by atoms with Gasteiger partial charge in [-0.25, -0.2) is 0 Å². The van der Waals surface area contributed by atoms with Crippen LogP contribution in [0.25, 0.3) is 0 Å². The summed E-state index contributed by atoms with van der Waals surface area (Å²) in [5, 5.41) is 0. The number of para-hydroxylation sites is 3. The van der Waals surface area contributed by atoms with Gasteiger partial charge >= 0.3 is 320 Å². The number of hydrogen-bond acceptors (Lipinski definition) is 9. The van der Waals surface area contributed by atoms with Gasteiger partial charge in [0.2, 0.25) is 0 Å². The molecular weight excluding hydrogens is 735 g/mol. The van der Waals surface area contributed by atoms with E-state index < -0.39 is 23.7 Å². The third kappa shape index (κ3) is 9.43. The van der Waals surface area contributed by atoms with Crippen molar-refractivity contribution in [3.8, 4) is 34.5 Å². The molecule has 280 valence electrons. The first-order valence-corrected chi connectivity index (χ1v) is 23.3. The molecule has 0 aliphatic carbocycles. The van der Waals surface area contributed by atoms with Gasteiger partial charge in [-0.15, -0.1) is 0 Å². The van der Waals surface area contributed by atoms with Gasteiger partial charge in [0.15, 0.2) is 0 Å². The van der Waals surface area contributed by atoms with Gasteiger partial charge in [0.05, 0.1) is 0 Å². The van der Waals surface area contributed by atoms with Crippen molar-refractivity contribution >= 4 is 23.7 Å². The first-order chi connectivity index (χ1) is 26.4. The van der Waals surface area contributed by atoms with Gasteiger partial charge in [-0.05, 0) is 0 Å². The van der Waals surface area contributed by atoms with Crippen LogP contribution in [-0.4, -0.2) is 0 Å². The fraction of sp³-hybridized carbons (Fsp3) is 0.143. The van der Waals surface area contributed by atoms with E-state index in [1.807, 2.05) is 146 Å². The monoisotopic (exact) mass is 781 g/mol. The average molecular weight is 782 g/mol. The number of rotatable bonds is 15. The number of aryl methyl sites for hydroxylation is 3. The molecule has 0 saturated carbocycles. The summed E-state index contributed by atoms with van der Waals surface area (Å²) in [6, 6.07) is 52.3. The molecule has 1 unspecified atom stereocenters. The van der Waals surface area contributed by atoms with Crippen LogP contribution in [0.1, 0.15) is 37.5 Å². The van der Waals surface area contributed by atoms with Crippen molar-refractivity contribution in [3.63, 3.8) is 0 Å². The molecule has 2 N–H and O–H groups in total. The van der Waals surface area contributed by atoms with Crippen LogP contribution in [0, 0.1) is 0 Å². The van der Waals surface area contributed by atoms with Crippen LogP contribution >= 0.6 is 23.7 Å². The normalized spacial score (nSPS) is 18.2. The average Bonchev–Trinajstić information content (AvgIpc) is 3.19. The van der Waals surface area contributed by atoms with Gasteiger partial charge in [0.1, 0.15) is 0 Å². The van der Waals surface area contributed by atoms with Crippen LogP contribution in [0.5, 0.6) is 34.5 Å². The van der Waals surface area contributed by atoms with Crippen LogP contribution in [0.4, 0.5) is 0 Å². The molecule has 1 aliphatic rings. The minimum absolute atomic E-state index is 0.529. The SMILES string of the molecule is CCc1cccc(OP2(Oc3ccccc3)=N[PH](Oc3ccccc3)(Oc3cccc(CC)c3)N[PH](Oc3ccccc3)(Oc3cccc(CC)c3)N2)c1. The van der Waals surface area contributed by atoms with E-state index >= 15 is 0 Å². The summed E-state index contributed by atoms with van der Waals surface area (Å²) < 4.78 is 47.8. The molecular formula is C42H46N3O6P3. The number of nitrogens with one attached hydrogen (secondary N) is 2. The van der Waals surface area contributed by atoms with Crippen molar-refractivity contribution in [1.82, 2.24) is 9.72 Å². The van der Waals surface area contributed by atoms with Crippen molar-refractivity contribution < 1.29 is 27.1 Å². The molecule has 54 heavy (non-hydrogen) atoms. The third-order valence-corrected chi connectivity index (χ3v) is 18.5. The Labute approximate surface area is 319 Å². The van der Waals surface area contributed by atoms with Gasteiger partial charge in [-0.3, -0.25) is 0 Å². The molecule has 7 rings (SSSR count). The Morgan fingerprint density at radius 2 is 0.833 bits per heavy atom. The second kappa shape index (κ2) is 17.1. The molecule has 6 aromatic carbocycles. The molecule has 0 aromatic heterocycles. The Bertz CT molecular complexity index is 2200. The van der Waals surface area contributed by atoms with E-state index in [1.165, 1.54) is 0 Å². The van der Waals surface area contributed by atoms with Crippen LogP contribution in [0.15, 0.2) is 168 Å². The Morgan fingerprint density at radius 3 is 1.37 bits per heavy atom. The van der Waals surface area contributed by atoms with Crippen LogP contribution in [-0.2, 0) is 19.3 Å². The summed E-state index contributed by atoms with van der Waals surface area (Å²) in [5.74, 6) is 3.33. The summed E-state index contributed by atoms with van der Waals surface area (Å²) in [4.78, 5) is 7.33. The van der Waals surface area contributed by atoms with Crippen molar-refractivity contribution in [2.75, 3.05) is 0 Å². The first-order valence-electron chi connectivity index (χ1n) is 18.2. The van der Waals surface area contributed by atoms with Gasteiger partial charge < -0.3 is 0 Å². The van der Waals surface area contributed by atoms with E-state index in [4.69, 9.17) is 31.7 Å². The Morgan fingerprint density at radius 1 is 0.444 bits per heavy atom. The van der Waals surface area contributed by atoms with Gasteiger partial charge in [0, 0.05) is 0 Å². The standard InChI is InChI=1S/C42H46N3O6P3/c1-4-34-19-16-28-40(31-34)49-52(46-37-22-10-7-11-23-37)43-53(47-38-24-12-8-13-25-38,50-41-29-17-20-35(5-2)32-41)45-54(44-52,48-39-26-14-9-15-27-39)51-42-30-18-21-36(6-3)33-42/h7-33,43-44,52-53H,4-6H2,1-3H3. The number of nitrogens with zero attached hydrogens (tertiary/aromatic N) is 1. The zero-order chi connectivity index (χ0) is 37.3. The zero-order valence-corrected chi connectivity index (χ0v) is 33.4. The Kier molecular flexibility index (Phi) is 11.8. The molecule has 1 heterocycles. The van der Waals surface area contributed by atoms with Crippen molar-refractivity contribution in [2.45, 2.75) is 40.0 Å². The van der Waals surface area contributed by atoms with Gasteiger partial charge in [-0.2, -0.15) is 0 Å². The Hall–Kier alpha value is -4.87. The van der Waals surface area contributed by atoms with E-state index in [1.54, 1.807) is 0 Å². The molecule has 1 atom stereocenters. The van der Waals surface area contributed by atoms with Gasteiger partial charge in [0.25, 0.3) is 0 Å². The minimum atomic E-state index is -4.21. The molecule has 9 nitrogen and oxygen atoms in total. The molecule has 0 radical (unpaired) electrons. The molecule has 6 aromatic rings. The first kappa shape index (κ1) is 37.4. The number of benzene rings is 6. The maximum absolute atomic E-state index is 7.12. The van der Waals surface area contributed by atoms with Crippen molar-refractivity contribution in [3.05, 3.63) is 180 Å². The summed E-state index contributed by atoms with van der Waals surface area (Å²) >= 11 is 0. The molecule has 0 spiro atoms. The van der Waals surface area contributed by atoms with Crippen molar-refractivity contribution in [1.29, 1.82) is 0 Å². The molecule has 0 bridgehead atoms. The van der Waals surface area contributed by atoms with Crippen LogP contribution < -0.4 is 36.9 Å². The summed E-state index contributed by atoms with van der Waals surface area (Å²) in [6.45, 7) is 6.31. The quantitative estimate of drug-likeness (QED) is 0.0995. The van der Waals surface area contributed by atoms with E-state index in [0.717, 1.165) is 36.0 Å². The second-order valence-corrected chi connectivity index (χ2v) is 19.9. The third-order valence-electron chi connectivity index (χ3n) is 8.52. The fourth-order valence-corrected chi connectivity index (χ4v) is 17.4. The van der Waals surface area contributed by atoms with E-state index in [0.29, 0.717) is 34.5 Å². The van der Waals surface area contributed by atoms with E-state index in [-0.39, 0.29) is 0 Å². The molecule has 0 saturated heterocycles.